The van der Waals surface area contributed by atoms with Gasteiger partial charge in [-0.25, -0.2) is 0 Å². The fourth-order valence-corrected chi connectivity index (χ4v) is 1.79. The number of nitrogens with zero attached hydrogens (tertiary/aromatic N) is 3. The Morgan fingerprint density at radius 2 is 2.00 bits per heavy atom. The second-order valence-electron chi connectivity index (χ2n) is 4.33. The molecule has 0 aliphatic rings. The summed E-state index contributed by atoms with van der Waals surface area (Å²) in [7, 11) is 1.81. The minimum Gasteiger partial charge on any atom is -0.392 e. The van der Waals surface area contributed by atoms with Gasteiger partial charge in [-0.1, -0.05) is 30.3 Å². The Balaban J connectivity index is 2.16. The van der Waals surface area contributed by atoms with Crippen LogP contribution in [-0.4, -0.2) is 32.7 Å². The van der Waals surface area contributed by atoms with E-state index < -0.39 is 0 Å². The van der Waals surface area contributed by atoms with Crippen molar-refractivity contribution >= 4 is 0 Å². The fourth-order valence-electron chi connectivity index (χ4n) is 1.79. The van der Waals surface area contributed by atoms with Crippen LogP contribution < -0.4 is 5.32 Å². The van der Waals surface area contributed by atoms with Crippen molar-refractivity contribution in [3.63, 3.8) is 0 Å². The molecule has 18 heavy (non-hydrogen) atoms. The third-order valence-electron chi connectivity index (χ3n) is 2.56. The van der Waals surface area contributed by atoms with Gasteiger partial charge >= 0.3 is 0 Å². The number of aromatic nitrogens is 3. The standard InChI is InChI=1S/C13H18N4O/c1-10(18)8-14-9-12-13(16-17(2)15-12)11-6-4-3-5-7-11/h3-7,10,14,18H,8-9H2,1-2H3/t10-/m0/s1. The number of nitrogens with one attached hydrogen (secondary N) is 1. The van der Waals surface area contributed by atoms with Gasteiger partial charge < -0.3 is 10.4 Å². The number of hydrogen-bond acceptors (Lipinski definition) is 4. The van der Waals surface area contributed by atoms with Crippen LogP contribution in [0, 0.1) is 0 Å². The molecule has 0 bridgehead atoms. The second kappa shape index (κ2) is 5.75. The lowest BCUT2D eigenvalue weighted by Gasteiger charge is -2.05. The smallest absolute Gasteiger partial charge is 0.117 e. The Bertz CT molecular complexity index is 493. The van der Waals surface area contributed by atoms with E-state index in [0.717, 1.165) is 17.0 Å². The summed E-state index contributed by atoms with van der Waals surface area (Å²) < 4.78 is 0. The van der Waals surface area contributed by atoms with E-state index in [0.29, 0.717) is 13.1 Å². The summed E-state index contributed by atoms with van der Waals surface area (Å²) in [6, 6.07) is 9.98. The SMILES string of the molecule is C[C@H](O)CNCc1nn(C)nc1-c1ccccc1. The van der Waals surface area contributed by atoms with Gasteiger partial charge in [-0.2, -0.15) is 15.0 Å². The molecule has 2 rings (SSSR count). The Labute approximate surface area is 106 Å². The summed E-state index contributed by atoms with van der Waals surface area (Å²) in [6.45, 7) is 2.90. The highest BCUT2D eigenvalue weighted by atomic mass is 16.3. The highest BCUT2D eigenvalue weighted by molar-refractivity contribution is 5.60. The molecule has 2 aromatic rings. The zero-order valence-corrected chi connectivity index (χ0v) is 10.7. The van der Waals surface area contributed by atoms with Crippen molar-refractivity contribution in [2.24, 2.45) is 7.05 Å². The topological polar surface area (TPSA) is 63.0 Å². The number of aliphatic hydroxyl groups excluding tert-OH is 1. The van der Waals surface area contributed by atoms with Gasteiger partial charge in [0.15, 0.2) is 0 Å². The minimum atomic E-state index is -0.359. The molecule has 0 spiro atoms. The Hall–Kier alpha value is -1.72. The average molecular weight is 246 g/mol. The molecule has 0 saturated carbocycles. The maximum atomic E-state index is 9.22. The second-order valence-corrected chi connectivity index (χ2v) is 4.33. The molecule has 1 atom stereocenters. The van der Waals surface area contributed by atoms with Crippen LogP contribution in [0.25, 0.3) is 11.3 Å². The summed E-state index contributed by atoms with van der Waals surface area (Å²) in [4.78, 5) is 1.57. The van der Waals surface area contributed by atoms with Crippen LogP contribution in [0.4, 0.5) is 0 Å². The van der Waals surface area contributed by atoms with Gasteiger partial charge in [-0.05, 0) is 6.92 Å². The molecular weight excluding hydrogens is 228 g/mol. The predicted octanol–water partition coefficient (Wildman–Crippen LogP) is 0.952. The maximum absolute atomic E-state index is 9.22. The van der Waals surface area contributed by atoms with Crippen molar-refractivity contribution in [3.05, 3.63) is 36.0 Å². The molecule has 5 nitrogen and oxygen atoms in total. The van der Waals surface area contributed by atoms with Crippen LogP contribution in [0.15, 0.2) is 30.3 Å². The molecule has 0 radical (unpaired) electrons. The highest BCUT2D eigenvalue weighted by Crippen LogP contribution is 2.19. The van der Waals surface area contributed by atoms with Crippen LogP contribution in [-0.2, 0) is 13.6 Å². The minimum absolute atomic E-state index is 0.359. The molecule has 5 heteroatoms. The molecule has 0 fully saturated rings. The van der Waals surface area contributed by atoms with Crippen molar-refractivity contribution in [2.75, 3.05) is 6.54 Å². The van der Waals surface area contributed by atoms with Gasteiger partial charge in [0.1, 0.15) is 11.4 Å². The molecule has 96 valence electrons. The first kappa shape index (κ1) is 12.7. The predicted molar refractivity (Wildman–Crippen MR) is 69.8 cm³/mol. The van der Waals surface area contributed by atoms with E-state index in [1.165, 1.54) is 0 Å². The van der Waals surface area contributed by atoms with Gasteiger partial charge in [0, 0.05) is 25.7 Å². The Kier molecular flexibility index (Phi) is 4.07. The third-order valence-corrected chi connectivity index (χ3v) is 2.56. The molecule has 0 saturated heterocycles. The molecule has 2 N–H and O–H groups in total. The van der Waals surface area contributed by atoms with E-state index >= 15 is 0 Å². The van der Waals surface area contributed by atoms with Gasteiger partial charge in [-0.15, -0.1) is 0 Å². The number of aryl methyl sites for hydroxylation is 1. The van der Waals surface area contributed by atoms with Gasteiger partial charge in [0.2, 0.25) is 0 Å². The summed E-state index contributed by atoms with van der Waals surface area (Å²) in [5.74, 6) is 0. The quantitative estimate of drug-likeness (QED) is 0.824. The Morgan fingerprint density at radius 3 is 2.67 bits per heavy atom. The summed E-state index contributed by atoms with van der Waals surface area (Å²) >= 11 is 0. The van der Waals surface area contributed by atoms with Gasteiger partial charge in [0.05, 0.1) is 6.10 Å². The first-order valence-corrected chi connectivity index (χ1v) is 6.01. The van der Waals surface area contributed by atoms with E-state index in [-0.39, 0.29) is 6.10 Å². The van der Waals surface area contributed by atoms with Crippen LogP contribution in [0.5, 0.6) is 0 Å². The van der Waals surface area contributed by atoms with Crippen molar-refractivity contribution in [1.29, 1.82) is 0 Å². The van der Waals surface area contributed by atoms with E-state index in [4.69, 9.17) is 0 Å². The summed E-state index contributed by atoms with van der Waals surface area (Å²) in [5.41, 5.74) is 2.83. The number of aliphatic hydroxyl groups is 1. The maximum Gasteiger partial charge on any atom is 0.117 e. The first-order valence-electron chi connectivity index (χ1n) is 6.01. The molecule has 0 unspecified atom stereocenters. The fraction of sp³-hybridized carbons (Fsp3) is 0.385. The van der Waals surface area contributed by atoms with Crippen LogP contribution in [0.1, 0.15) is 12.6 Å². The molecule has 0 aliphatic carbocycles. The lowest BCUT2D eigenvalue weighted by Crippen LogP contribution is -2.24. The summed E-state index contributed by atoms with van der Waals surface area (Å²) in [6.07, 6.45) is -0.359. The summed E-state index contributed by atoms with van der Waals surface area (Å²) in [5, 5.41) is 21.1. The molecule has 0 aliphatic heterocycles. The largest absolute Gasteiger partial charge is 0.392 e. The lowest BCUT2D eigenvalue weighted by molar-refractivity contribution is 0.191. The van der Waals surface area contributed by atoms with Crippen molar-refractivity contribution in [3.8, 4) is 11.3 Å². The van der Waals surface area contributed by atoms with Gasteiger partial charge in [0.25, 0.3) is 0 Å². The van der Waals surface area contributed by atoms with Crippen LogP contribution in [0.2, 0.25) is 0 Å². The van der Waals surface area contributed by atoms with E-state index in [2.05, 4.69) is 15.5 Å². The number of rotatable bonds is 5. The third kappa shape index (κ3) is 3.15. The number of hydrogen-bond donors (Lipinski definition) is 2. The van der Waals surface area contributed by atoms with Crippen LogP contribution >= 0.6 is 0 Å². The van der Waals surface area contributed by atoms with Crippen molar-refractivity contribution < 1.29 is 5.11 Å². The normalized spacial score (nSPS) is 12.6. The van der Waals surface area contributed by atoms with E-state index in [9.17, 15) is 5.11 Å². The lowest BCUT2D eigenvalue weighted by atomic mass is 10.1. The first-order chi connectivity index (χ1) is 8.66. The average Bonchev–Trinajstić information content (AvgIpc) is 2.71. The zero-order chi connectivity index (χ0) is 13.0. The van der Waals surface area contributed by atoms with Crippen molar-refractivity contribution in [2.45, 2.75) is 19.6 Å². The highest BCUT2D eigenvalue weighted by Gasteiger charge is 2.11. The molecule has 1 aromatic carbocycles. The zero-order valence-electron chi connectivity index (χ0n) is 10.7. The molecule has 0 amide bonds. The van der Waals surface area contributed by atoms with E-state index in [1.54, 1.807) is 11.7 Å². The van der Waals surface area contributed by atoms with Gasteiger partial charge in [-0.3, -0.25) is 0 Å². The Morgan fingerprint density at radius 1 is 1.28 bits per heavy atom. The van der Waals surface area contributed by atoms with Crippen molar-refractivity contribution in [1.82, 2.24) is 20.3 Å². The number of benzene rings is 1. The molecular formula is C13H18N4O. The van der Waals surface area contributed by atoms with Crippen LogP contribution in [0.3, 0.4) is 0 Å². The monoisotopic (exact) mass is 246 g/mol. The molecule has 1 aromatic heterocycles. The van der Waals surface area contributed by atoms with E-state index in [1.807, 2.05) is 37.4 Å². The molecule has 1 heterocycles.